The number of nitrogens with one attached hydrogen (secondary N) is 1. The molecule has 1 aliphatic rings. The van der Waals surface area contributed by atoms with Gasteiger partial charge in [-0.2, -0.15) is 0 Å². The first-order valence-electron chi connectivity index (χ1n) is 6.81. The van der Waals surface area contributed by atoms with Crippen LogP contribution in [-0.2, 0) is 9.53 Å². The van der Waals surface area contributed by atoms with Crippen LogP contribution in [0.15, 0.2) is 24.3 Å². The van der Waals surface area contributed by atoms with Gasteiger partial charge in [-0.1, -0.05) is 19.1 Å². The summed E-state index contributed by atoms with van der Waals surface area (Å²) in [6.45, 7) is 4.51. The summed E-state index contributed by atoms with van der Waals surface area (Å²) in [6, 6.07) is 7.51. The van der Waals surface area contributed by atoms with Gasteiger partial charge in [0.2, 0.25) is 0 Å². The maximum absolute atomic E-state index is 12.1. The molecule has 1 aliphatic heterocycles. The molecule has 110 valence electrons. The summed E-state index contributed by atoms with van der Waals surface area (Å²) in [5.74, 6) is 1.32. The van der Waals surface area contributed by atoms with E-state index in [0.29, 0.717) is 25.3 Å². The highest BCUT2D eigenvalue weighted by atomic mass is 16.6. The van der Waals surface area contributed by atoms with E-state index in [1.807, 2.05) is 31.2 Å². The Kier molecular flexibility index (Phi) is 4.49. The van der Waals surface area contributed by atoms with Crippen molar-refractivity contribution in [2.45, 2.75) is 32.0 Å². The summed E-state index contributed by atoms with van der Waals surface area (Å²) >= 11 is 0. The molecule has 1 heterocycles. The van der Waals surface area contributed by atoms with Crippen molar-refractivity contribution in [3.8, 4) is 11.5 Å². The molecule has 0 aliphatic carbocycles. The third kappa shape index (κ3) is 3.04. The summed E-state index contributed by atoms with van der Waals surface area (Å²) in [5, 5.41) is 2.86. The van der Waals surface area contributed by atoms with E-state index >= 15 is 0 Å². The minimum absolute atomic E-state index is 0.134. The lowest BCUT2D eigenvalue weighted by Crippen LogP contribution is -2.49. The maximum Gasteiger partial charge on any atom is 0.252 e. The lowest BCUT2D eigenvalue weighted by Gasteiger charge is -2.29. The molecule has 2 rings (SSSR count). The minimum atomic E-state index is -0.798. The van der Waals surface area contributed by atoms with Crippen LogP contribution in [-0.4, -0.2) is 37.9 Å². The molecule has 1 N–H and O–H groups in total. The quantitative estimate of drug-likeness (QED) is 0.892. The SMILES string of the molecule is CCC(C)(OC)C(=O)NCC1COc2ccccc2O1. The molecule has 2 atom stereocenters. The molecular weight excluding hydrogens is 258 g/mol. The van der Waals surface area contributed by atoms with E-state index in [1.165, 1.54) is 0 Å². The molecule has 0 radical (unpaired) electrons. The first-order chi connectivity index (χ1) is 9.59. The van der Waals surface area contributed by atoms with Gasteiger partial charge < -0.3 is 19.5 Å². The van der Waals surface area contributed by atoms with Gasteiger partial charge in [0.1, 0.15) is 18.3 Å². The number of methoxy groups -OCH3 is 1. The smallest absolute Gasteiger partial charge is 0.252 e. The monoisotopic (exact) mass is 279 g/mol. The number of hydrogen-bond acceptors (Lipinski definition) is 4. The van der Waals surface area contributed by atoms with Gasteiger partial charge in [0.15, 0.2) is 11.5 Å². The summed E-state index contributed by atoms with van der Waals surface area (Å²) < 4.78 is 16.6. The van der Waals surface area contributed by atoms with Crippen LogP contribution in [0.25, 0.3) is 0 Å². The Bertz CT molecular complexity index is 471. The Labute approximate surface area is 119 Å². The Morgan fingerprint density at radius 3 is 2.80 bits per heavy atom. The Morgan fingerprint density at radius 2 is 2.15 bits per heavy atom. The molecule has 1 aromatic carbocycles. The van der Waals surface area contributed by atoms with Crippen LogP contribution < -0.4 is 14.8 Å². The van der Waals surface area contributed by atoms with E-state index in [1.54, 1.807) is 14.0 Å². The number of ether oxygens (including phenoxy) is 3. The number of para-hydroxylation sites is 2. The number of rotatable bonds is 5. The molecule has 0 saturated heterocycles. The molecule has 1 amide bonds. The predicted octanol–water partition coefficient (Wildman–Crippen LogP) is 1.76. The molecule has 2 unspecified atom stereocenters. The van der Waals surface area contributed by atoms with Gasteiger partial charge in [0.05, 0.1) is 6.54 Å². The highest BCUT2D eigenvalue weighted by Crippen LogP contribution is 2.30. The minimum Gasteiger partial charge on any atom is -0.486 e. The maximum atomic E-state index is 12.1. The molecule has 20 heavy (non-hydrogen) atoms. The number of benzene rings is 1. The van der Waals surface area contributed by atoms with Gasteiger partial charge in [0.25, 0.3) is 5.91 Å². The summed E-state index contributed by atoms with van der Waals surface area (Å²) in [6.07, 6.45) is 0.423. The van der Waals surface area contributed by atoms with Crippen LogP contribution in [0, 0.1) is 0 Å². The summed E-state index contributed by atoms with van der Waals surface area (Å²) in [7, 11) is 1.54. The Morgan fingerprint density at radius 1 is 1.45 bits per heavy atom. The number of amides is 1. The van der Waals surface area contributed by atoms with Crippen molar-refractivity contribution < 1.29 is 19.0 Å². The average Bonchev–Trinajstić information content (AvgIpc) is 2.51. The Balaban J connectivity index is 1.89. The van der Waals surface area contributed by atoms with E-state index in [4.69, 9.17) is 14.2 Å². The molecule has 0 spiro atoms. The fraction of sp³-hybridized carbons (Fsp3) is 0.533. The van der Waals surface area contributed by atoms with E-state index in [0.717, 1.165) is 5.75 Å². The first-order valence-corrected chi connectivity index (χ1v) is 6.81. The van der Waals surface area contributed by atoms with Gasteiger partial charge in [-0.25, -0.2) is 0 Å². The second kappa shape index (κ2) is 6.13. The van der Waals surface area contributed by atoms with Crippen molar-refractivity contribution in [2.75, 3.05) is 20.3 Å². The molecule has 1 aromatic rings. The van der Waals surface area contributed by atoms with Crippen molar-refractivity contribution in [1.29, 1.82) is 0 Å². The summed E-state index contributed by atoms with van der Waals surface area (Å²) in [4.78, 5) is 12.1. The van der Waals surface area contributed by atoms with E-state index in [-0.39, 0.29) is 12.0 Å². The van der Waals surface area contributed by atoms with Crippen molar-refractivity contribution in [2.24, 2.45) is 0 Å². The van der Waals surface area contributed by atoms with Gasteiger partial charge >= 0.3 is 0 Å². The molecule has 0 fully saturated rings. The molecule has 5 nitrogen and oxygen atoms in total. The van der Waals surface area contributed by atoms with Crippen LogP contribution in [0.4, 0.5) is 0 Å². The fourth-order valence-electron chi connectivity index (χ4n) is 1.95. The van der Waals surface area contributed by atoms with Gasteiger partial charge in [-0.15, -0.1) is 0 Å². The molecule has 0 saturated carbocycles. The third-order valence-electron chi connectivity index (χ3n) is 3.66. The van der Waals surface area contributed by atoms with Crippen LogP contribution in [0.3, 0.4) is 0 Å². The second-order valence-electron chi connectivity index (χ2n) is 5.00. The van der Waals surface area contributed by atoms with Crippen LogP contribution >= 0.6 is 0 Å². The molecular formula is C15H21NO4. The lowest BCUT2D eigenvalue weighted by atomic mass is 10.0. The van der Waals surface area contributed by atoms with Gasteiger partial charge in [-0.05, 0) is 25.5 Å². The molecule has 5 heteroatoms. The molecule has 0 bridgehead atoms. The number of carbonyl (C=O) groups excluding carboxylic acids is 1. The number of hydrogen-bond donors (Lipinski definition) is 1. The van der Waals surface area contributed by atoms with Gasteiger partial charge in [0, 0.05) is 7.11 Å². The Hall–Kier alpha value is -1.75. The standard InChI is InChI=1S/C15H21NO4/c1-4-15(2,18-3)14(17)16-9-11-10-19-12-7-5-6-8-13(12)20-11/h5-8,11H,4,9-10H2,1-3H3,(H,16,17). The zero-order valence-electron chi connectivity index (χ0n) is 12.1. The van der Waals surface area contributed by atoms with Crippen molar-refractivity contribution in [3.63, 3.8) is 0 Å². The lowest BCUT2D eigenvalue weighted by molar-refractivity contribution is -0.142. The largest absolute Gasteiger partial charge is 0.486 e. The van der Waals surface area contributed by atoms with E-state index in [2.05, 4.69) is 5.32 Å². The van der Waals surface area contributed by atoms with E-state index < -0.39 is 5.60 Å². The zero-order valence-corrected chi connectivity index (χ0v) is 12.1. The number of carbonyl (C=O) groups is 1. The van der Waals surface area contributed by atoms with Crippen molar-refractivity contribution >= 4 is 5.91 Å². The van der Waals surface area contributed by atoms with Crippen LogP contribution in [0.1, 0.15) is 20.3 Å². The average molecular weight is 279 g/mol. The van der Waals surface area contributed by atoms with E-state index in [9.17, 15) is 4.79 Å². The van der Waals surface area contributed by atoms with Gasteiger partial charge in [-0.3, -0.25) is 4.79 Å². The zero-order chi connectivity index (χ0) is 14.6. The van der Waals surface area contributed by atoms with Crippen LogP contribution in [0.2, 0.25) is 0 Å². The highest BCUT2D eigenvalue weighted by Gasteiger charge is 2.31. The predicted molar refractivity (Wildman–Crippen MR) is 75.1 cm³/mol. The second-order valence-corrected chi connectivity index (χ2v) is 5.00. The van der Waals surface area contributed by atoms with Crippen molar-refractivity contribution in [1.82, 2.24) is 5.32 Å². The summed E-state index contributed by atoms with van der Waals surface area (Å²) in [5.41, 5.74) is -0.798. The number of fused-ring (bicyclic) bond motifs is 1. The van der Waals surface area contributed by atoms with Crippen molar-refractivity contribution in [3.05, 3.63) is 24.3 Å². The third-order valence-corrected chi connectivity index (χ3v) is 3.66. The highest BCUT2D eigenvalue weighted by molar-refractivity contribution is 5.84. The first kappa shape index (κ1) is 14.7. The normalized spacial score (nSPS) is 20.1. The fourth-order valence-corrected chi connectivity index (χ4v) is 1.95. The molecule has 0 aromatic heterocycles. The van der Waals surface area contributed by atoms with Crippen LogP contribution in [0.5, 0.6) is 11.5 Å². The topological polar surface area (TPSA) is 56.8 Å².